The summed E-state index contributed by atoms with van der Waals surface area (Å²) in [6.07, 6.45) is 2.94. The minimum Gasteiger partial charge on any atom is -0.370 e. The molecule has 1 atom stereocenters. The second kappa shape index (κ2) is 6.39. The Morgan fingerprint density at radius 1 is 1.33 bits per heavy atom. The van der Waals surface area contributed by atoms with Gasteiger partial charge in [0.05, 0.1) is 17.2 Å². The summed E-state index contributed by atoms with van der Waals surface area (Å²) in [5, 5.41) is 0.748. The summed E-state index contributed by atoms with van der Waals surface area (Å²) >= 11 is 8.02. The molecule has 0 spiro atoms. The van der Waals surface area contributed by atoms with Gasteiger partial charge in [0.15, 0.2) is 9.84 Å². The highest BCUT2D eigenvalue weighted by molar-refractivity contribution is 7.99. The van der Waals surface area contributed by atoms with Crippen LogP contribution in [-0.2, 0) is 9.84 Å². The van der Waals surface area contributed by atoms with Crippen molar-refractivity contribution in [3.8, 4) is 0 Å². The van der Waals surface area contributed by atoms with Crippen LogP contribution in [0.25, 0.3) is 0 Å². The van der Waals surface area contributed by atoms with Gasteiger partial charge in [-0.1, -0.05) is 11.6 Å². The van der Waals surface area contributed by atoms with E-state index >= 15 is 0 Å². The molecule has 0 unspecified atom stereocenters. The summed E-state index contributed by atoms with van der Waals surface area (Å²) < 4.78 is 23.7. The van der Waals surface area contributed by atoms with Gasteiger partial charge in [-0.3, -0.25) is 0 Å². The Morgan fingerprint density at radius 3 is 3.00 bits per heavy atom. The van der Waals surface area contributed by atoms with Crippen molar-refractivity contribution < 1.29 is 8.42 Å². The number of anilines is 1. The van der Waals surface area contributed by atoms with E-state index in [-0.39, 0.29) is 5.92 Å². The highest BCUT2D eigenvalue weighted by Gasteiger charge is 2.27. The summed E-state index contributed by atoms with van der Waals surface area (Å²) in [4.78, 5) is 3.60. The average Bonchev–Trinajstić information content (AvgIpc) is 2.60. The first-order chi connectivity index (χ1) is 10.0. The number of fused-ring (bicyclic) bond motifs is 1. The Bertz CT molecular complexity index is 618. The van der Waals surface area contributed by atoms with Gasteiger partial charge in [0.2, 0.25) is 0 Å². The zero-order valence-corrected chi connectivity index (χ0v) is 14.3. The first kappa shape index (κ1) is 15.5. The van der Waals surface area contributed by atoms with E-state index in [2.05, 4.69) is 11.0 Å². The Labute approximate surface area is 136 Å². The lowest BCUT2D eigenvalue weighted by Gasteiger charge is -2.31. The lowest BCUT2D eigenvalue weighted by Crippen LogP contribution is -2.36. The monoisotopic (exact) mass is 345 g/mol. The minimum atomic E-state index is -2.84. The fourth-order valence-corrected chi connectivity index (χ4v) is 6.10. The highest BCUT2D eigenvalue weighted by Crippen LogP contribution is 2.36. The molecule has 21 heavy (non-hydrogen) atoms. The first-order valence-electron chi connectivity index (χ1n) is 7.41. The predicted octanol–water partition coefficient (Wildman–Crippen LogP) is 3.47. The predicted molar refractivity (Wildman–Crippen MR) is 90.4 cm³/mol. The fraction of sp³-hybridized carbons (Fsp3) is 0.600. The number of hydrogen-bond acceptors (Lipinski definition) is 4. The molecule has 1 aromatic carbocycles. The molecule has 1 saturated heterocycles. The topological polar surface area (TPSA) is 37.4 Å². The van der Waals surface area contributed by atoms with E-state index in [9.17, 15) is 8.42 Å². The van der Waals surface area contributed by atoms with E-state index in [1.54, 1.807) is 0 Å². The number of rotatable bonds is 2. The van der Waals surface area contributed by atoms with Crippen molar-refractivity contribution in [3.63, 3.8) is 0 Å². The number of hydrogen-bond donors (Lipinski definition) is 0. The zero-order valence-electron chi connectivity index (χ0n) is 11.9. The first-order valence-corrected chi connectivity index (χ1v) is 10.6. The normalized spacial score (nSPS) is 25.2. The molecule has 0 N–H and O–H groups in total. The van der Waals surface area contributed by atoms with Crippen molar-refractivity contribution in [1.82, 2.24) is 0 Å². The third-order valence-electron chi connectivity index (χ3n) is 4.13. The van der Waals surface area contributed by atoms with Gasteiger partial charge in [0.1, 0.15) is 0 Å². The van der Waals surface area contributed by atoms with Crippen LogP contribution in [0, 0.1) is 5.92 Å². The van der Waals surface area contributed by atoms with Crippen molar-refractivity contribution >= 4 is 38.9 Å². The van der Waals surface area contributed by atoms with E-state index in [1.807, 2.05) is 23.9 Å². The van der Waals surface area contributed by atoms with Crippen molar-refractivity contribution in [1.29, 1.82) is 0 Å². The lowest BCUT2D eigenvalue weighted by atomic mass is 10.0. The van der Waals surface area contributed by atoms with Crippen molar-refractivity contribution in [2.45, 2.75) is 24.2 Å². The lowest BCUT2D eigenvalue weighted by molar-refractivity contribution is 0.478. The third-order valence-corrected chi connectivity index (χ3v) is 7.40. The maximum atomic E-state index is 11.8. The summed E-state index contributed by atoms with van der Waals surface area (Å²) in [7, 11) is -2.84. The molecule has 1 aromatic rings. The van der Waals surface area contributed by atoms with Gasteiger partial charge in [-0.2, -0.15) is 0 Å². The molecule has 0 saturated carbocycles. The van der Waals surface area contributed by atoms with Gasteiger partial charge in [0, 0.05) is 23.0 Å². The second-order valence-electron chi connectivity index (χ2n) is 5.88. The largest absolute Gasteiger partial charge is 0.370 e. The highest BCUT2D eigenvalue weighted by atomic mass is 35.5. The molecule has 2 aliphatic rings. The summed E-state index contributed by atoms with van der Waals surface area (Å²) in [6, 6.07) is 6.03. The summed E-state index contributed by atoms with van der Waals surface area (Å²) in [5.41, 5.74) is 1.17. The molecular formula is C15H20ClNO2S2. The Morgan fingerprint density at radius 2 is 2.19 bits per heavy atom. The molecule has 6 heteroatoms. The SMILES string of the molecule is O=S1(=O)CCC[C@H](CN2CCCSc3ccc(Cl)cc32)C1. The number of halogens is 1. The van der Waals surface area contributed by atoms with E-state index < -0.39 is 9.84 Å². The Hall–Kier alpha value is -0.390. The molecule has 0 aliphatic carbocycles. The van der Waals surface area contributed by atoms with Gasteiger partial charge in [0.25, 0.3) is 0 Å². The Balaban J connectivity index is 1.80. The van der Waals surface area contributed by atoms with Crippen LogP contribution in [0.4, 0.5) is 5.69 Å². The van der Waals surface area contributed by atoms with Crippen LogP contribution < -0.4 is 4.90 Å². The van der Waals surface area contributed by atoms with Crippen LogP contribution in [0.3, 0.4) is 0 Å². The van der Waals surface area contributed by atoms with Crippen LogP contribution in [0.15, 0.2) is 23.1 Å². The molecule has 1 fully saturated rings. The second-order valence-corrected chi connectivity index (χ2v) is 9.68. The molecule has 2 heterocycles. The molecule has 116 valence electrons. The van der Waals surface area contributed by atoms with Crippen LogP contribution in [0.5, 0.6) is 0 Å². The molecule has 3 rings (SSSR count). The number of thioether (sulfide) groups is 1. The fourth-order valence-electron chi connectivity index (χ4n) is 3.18. The Kier molecular flexibility index (Phi) is 4.71. The average molecular weight is 346 g/mol. The maximum Gasteiger partial charge on any atom is 0.150 e. The van der Waals surface area contributed by atoms with Gasteiger partial charge in [-0.25, -0.2) is 8.42 Å². The van der Waals surface area contributed by atoms with Gasteiger partial charge >= 0.3 is 0 Å². The molecule has 0 amide bonds. The van der Waals surface area contributed by atoms with E-state index in [0.717, 1.165) is 43.1 Å². The van der Waals surface area contributed by atoms with Gasteiger partial charge in [-0.05, 0) is 49.1 Å². The maximum absolute atomic E-state index is 11.8. The molecule has 3 nitrogen and oxygen atoms in total. The van der Waals surface area contributed by atoms with Crippen LogP contribution in [0.1, 0.15) is 19.3 Å². The van der Waals surface area contributed by atoms with Crippen LogP contribution >= 0.6 is 23.4 Å². The molecule has 2 aliphatic heterocycles. The van der Waals surface area contributed by atoms with Gasteiger partial charge in [-0.15, -0.1) is 11.8 Å². The minimum absolute atomic E-state index is 0.249. The molecule has 0 radical (unpaired) electrons. The number of sulfone groups is 1. The van der Waals surface area contributed by atoms with Crippen LogP contribution in [0.2, 0.25) is 5.02 Å². The van der Waals surface area contributed by atoms with Crippen molar-refractivity contribution in [2.75, 3.05) is 35.2 Å². The van der Waals surface area contributed by atoms with Crippen molar-refractivity contribution in [3.05, 3.63) is 23.2 Å². The number of benzene rings is 1. The van der Waals surface area contributed by atoms with E-state index in [1.165, 1.54) is 10.6 Å². The quantitative estimate of drug-likeness (QED) is 0.822. The van der Waals surface area contributed by atoms with Crippen molar-refractivity contribution in [2.24, 2.45) is 5.92 Å². The summed E-state index contributed by atoms with van der Waals surface area (Å²) in [6.45, 7) is 1.81. The third kappa shape index (κ3) is 3.88. The zero-order chi connectivity index (χ0) is 14.9. The van der Waals surface area contributed by atoms with E-state index in [0.29, 0.717) is 11.5 Å². The number of nitrogens with zero attached hydrogens (tertiary/aromatic N) is 1. The molecule has 0 bridgehead atoms. The molecular weight excluding hydrogens is 326 g/mol. The van der Waals surface area contributed by atoms with Gasteiger partial charge < -0.3 is 4.90 Å². The van der Waals surface area contributed by atoms with E-state index in [4.69, 9.17) is 11.6 Å². The summed E-state index contributed by atoms with van der Waals surface area (Å²) in [5.74, 6) is 2.06. The molecule has 0 aromatic heterocycles. The smallest absolute Gasteiger partial charge is 0.150 e. The van der Waals surface area contributed by atoms with Crippen LogP contribution in [-0.4, -0.2) is 38.8 Å². The standard InChI is InChI=1S/C15H20ClNO2S2/c16-13-4-5-15-14(9-13)17(6-2-7-20-15)10-12-3-1-8-21(18,19)11-12/h4-5,9,12H,1-3,6-8,10-11H2/t12-/m1/s1.